The summed E-state index contributed by atoms with van der Waals surface area (Å²) in [6.07, 6.45) is 2.57. The third-order valence-corrected chi connectivity index (χ3v) is 8.57. The molecule has 3 unspecified atom stereocenters. The smallest absolute Gasteiger partial charge is 0.341 e. The van der Waals surface area contributed by atoms with E-state index in [9.17, 15) is 14.4 Å². The van der Waals surface area contributed by atoms with Gasteiger partial charge in [-0.3, -0.25) is 14.4 Å². The van der Waals surface area contributed by atoms with Crippen molar-refractivity contribution in [2.75, 3.05) is 17.1 Å². The molecular formula is C28H26N2O5S. The van der Waals surface area contributed by atoms with Crippen LogP contribution in [0.2, 0.25) is 0 Å². The highest BCUT2D eigenvalue weighted by molar-refractivity contribution is 7.17. The van der Waals surface area contributed by atoms with Crippen molar-refractivity contribution in [1.29, 1.82) is 0 Å². The third kappa shape index (κ3) is 3.47. The zero-order valence-electron chi connectivity index (χ0n) is 20.1. The van der Waals surface area contributed by atoms with E-state index in [1.54, 1.807) is 5.06 Å². The van der Waals surface area contributed by atoms with Gasteiger partial charge in [0.15, 0.2) is 6.10 Å². The van der Waals surface area contributed by atoms with E-state index in [2.05, 4.69) is 0 Å². The van der Waals surface area contributed by atoms with Crippen LogP contribution in [-0.2, 0) is 32.0 Å². The molecule has 6 rings (SSSR count). The molecule has 0 radical (unpaired) electrons. The van der Waals surface area contributed by atoms with Crippen molar-refractivity contribution in [3.8, 4) is 0 Å². The molecule has 7 nitrogen and oxygen atoms in total. The fourth-order valence-corrected chi connectivity index (χ4v) is 6.92. The van der Waals surface area contributed by atoms with E-state index in [0.29, 0.717) is 10.6 Å². The number of nitrogens with zero attached hydrogens (tertiary/aromatic N) is 2. The van der Waals surface area contributed by atoms with Gasteiger partial charge < -0.3 is 4.74 Å². The monoisotopic (exact) mass is 502 g/mol. The molecule has 0 spiro atoms. The van der Waals surface area contributed by atoms with Crippen LogP contribution in [0.3, 0.4) is 0 Å². The van der Waals surface area contributed by atoms with E-state index in [4.69, 9.17) is 9.57 Å². The maximum atomic E-state index is 14.1. The van der Waals surface area contributed by atoms with Gasteiger partial charge in [0.2, 0.25) is 5.91 Å². The number of carbonyl (C=O) groups excluding carboxylic acids is 3. The molecule has 1 aromatic heterocycles. The van der Waals surface area contributed by atoms with E-state index >= 15 is 0 Å². The summed E-state index contributed by atoms with van der Waals surface area (Å²) in [5.74, 6) is -2.05. The molecule has 2 aromatic carbocycles. The van der Waals surface area contributed by atoms with Gasteiger partial charge in [-0.1, -0.05) is 48.0 Å². The number of carbonyl (C=O) groups is 3. The number of ether oxygens (including phenoxy) is 1. The number of fused-ring (bicyclic) bond motifs is 2. The Morgan fingerprint density at radius 2 is 1.72 bits per heavy atom. The van der Waals surface area contributed by atoms with Crippen molar-refractivity contribution in [2.45, 2.75) is 44.8 Å². The summed E-state index contributed by atoms with van der Waals surface area (Å²) in [7, 11) is 1.33. The first-order valence-corrected chi connectivity index (χ1v) is 13.0. The van der Waals surface area contributed by atoms with Crippen LogP contribution in [0.1, 0.15) is 50.8 Å². The lowest BCUT2D eigenvalue weighted by atomic mass is 9.90. The number of esters is 1. The van der Waals surface area contributed by atoms with E-state index < -0.39 is 29.9 Å². The van der Waals surface area contributed by atoms with Crippen LogP contribution >= 0.6 is 11.3 Å². The summed E-state index contributed by atoms with van der Waals surface area (Å²) in [6.45, 7) is 2.01. The predicted octanol–water partition coefficient (Wildman–Crippen LogP) is 4.77. The predicted molar refractivity (Wildman–Crippen MR) is 136 cm³/mol. The molecule has 3 aliphatic rings. The van der Waals surface area contributed by atoms with Crippen molar-refractivity contribution in [3.63, 3.8) is 0 Å². The van der Waals surface area contributed by atoms with Gasteiger partial charge in [0.05, 0.1) is 24.4 Å². The number of anilines is 2. The molecule has 3 heterocycles. The minimum atomic E-state index is -0.978. The number of para-hydroxylation sites is 1. The Morgan fingerprint density at radius 3 is 2.44 bits per heavy atom. The normalized spacial score (nSPS) is 23.1. The molecule has 36 heavy (non-hydrogen) atoms. The minimum absolute atomic E-state index is 0.349. The van der Waals surface area contributed by atoms with Crippen LogP contribution in [0.5, 0.6) is 0 Å². The molecule has 2 amide bonds. The largest absolute Gasteiger partial charge is 0.465 e. The van der Waals surface area contributed by atoms with Crippen molar-refractivity contribution in [3.05, 3.63) is 81.7 Å². The van der Waals surface area contributed by atoms with Crippen molar-refractivity contribution in [1.82, 2.24) is 0 Å². The fraction of sp³-hybridized carbons (Fsp3) is 0.321. The van der Waals surface area contributed by atoms with Gasteiger partial charge in [-0.25, -0.2) is 14.8 Å². The first kappa shape index (κ1) is 22.9. The maximum absolute atomic E-state index is 14.1. The highest BCUT2D eigenvalue weighted by Gasteiger charge is 2.61. The quantitative estimate of drug-likeness (QED) is 0.378. The first-order chi connectivity index (χ1) is 17.5. The first-order valence-electron chi connectivity index (χ1n) is 12.2. The number of amides is 2. The molecule has 184 valence electrons. The topological polar surface area (TPSA) is 76.2 Å². The van der Waals surface area contributed by atoms with Crippen LogP contribution < -0.4 is 9.96 Å². The SMILES string of the molecule is COC(=O)c1c(N2C(=O)C3ON(c4ccccc4)C(c4ccc(C)cc4)C3C2=O)sc2c1CCCC2. The molecule has 0 N–H and O–H groups in total. The lowest BCUT2D eigenvalue weighted by Gasteiger charge is -2.28. The van der Waals surface area contributed by atoms with Gasteiger partial charge >= 0.3 is 5.97 Å². The number of thiophene rings is 1. The Labute approximate surface area is 213 Å². The van der Waals surface area contributed by atoms with E-state index in [0.717, 1.165) is 52.9 Å². The molecule has 2 saturated heterocycles. The molecule has 8 heteroatoms. The van der Waals surface area contributed by atoms with E-state index in [-0.39, 0.29) is 5.91 Å². The average Bonchev–Trinajstić information content (AvgIpc) is 3.55. The number of hydroxylamine groups is 1. The van der Waals surface area contributed by atoms with Crippen LogP contribution in [-0.4, -0.2) is 31.0 Å². The number of rotatable bonds is 4. The molecular weight excluding hydrogens is 476 g/mol. The maximum Gasteiger partial charge on any atom is 0.341 e. The van der Waals surface area contributed by atoms with Crippen molar-refractivity contribution >= 4 is 39.8 Å². The molecule has 2 aliphatic heterocycles. The molecule has 3 aromatic rings. The minimum Gasteiger partial charge on any atom is -0.465 e. The second-order valence-electron chi connectivity index (χ2n) is 9.46. The van der Waals surface area contributed by atoms with E-state index in [1.807, 2.05) is 61.5 Å². The Hall–Kier alpha value is -3.49. The Balaban J connectivity index is 1.45. The molecule has 3 atom stereocenters. The van der Waals surface area contributed by atoms with Gasteiger partial charge in [0.1, 0.15) is 10.9 Å². The van der Waals surface area contributed by atoms with E-state index in [1.165, 1.54) is 23.3 Å². The van der Waals surface area contributed by atoms with Gasteiger partial charge in [0, 0.05) is 4.88 Å². The number of hydrogen-bond acceptors (Lipinski definition) is 7. The molecule has 2 fully saturated rings. The number of benzene rings is 2. The lowest BCUT2D eigenvalue weighted by molar-refractivity contribution is -0.126. The second kappa shape index (κ2) is 8.87. The summed E-state index contributed by atoms with van der Waals surface area (Å²) in [4.78, 5) is 49.2. The highest BCUT2D eigenvalue weighted by Crippen LogP contribution is 2.50. The summed E-state index contributed by atoms with van der Waals surface area (Å²) in [5.41, 5.74) is 4.02. The van der Waals surface area contributed by atoms with Gasteiger partial charge in [0.25, 0.3) is 5.91 Å². The van der Waals surface area contributed by atoms with Crippen LogP contribution in [0, 0.1) is 12.8 Å². The van der Waals surface area contributed by atoms with Crippen molar-refractivity contribution < 1.29 is 24.0 Å². The summed E-state index contributed by atoms with van der Waals surface area (Å²) in [6, 6.07) is 17.0. The Morgan fingerprint density at radius 1 is 1.00 bits per heavy atom. The zero-order chi connectivity index (χ0) is 25.0. The molecule has 0 bridgehead atoms. The number of aryl methyl sites for hydroxylation is 2. The van der Waals surface area contributed by atoms with Crippen molar-refractivity contribution in [2.24, 2.45) is 5.92 Å². The van der Waals surface area contributed by atoms with Crippen LogP contribution in [0.4, 0.5) is 10.7 Å². The summed E-state index contributed by atoms with van der Waals surface area (Å²) >= 11 is 1.36. The standard InChI is InChI=1S/C28H26N2O5S/c1-16-12-14-17(15-13-16)23-22-24(35-30(23)18-8-4-3-5-9-18)26(32)29(25(22)31)27-21(28(33)34-2)19-10-6-7-11-20(19)36-27/h3-5,8-9,12-15,22-24H,6-7,10-11H2,1-2H3. The van der Waals surface area contributed by atoms with Crippen LogP contribution in [0.15, 0.2) is 54.6 Å². The fourth-order valence-electron chi connectivity index (χ4n) is 5.54. The molecule has 0 saturated carbocycles. The third-order valence-electron chi connectivity index (χ3n) is 7.29. The van der Waals surface area contributed by atoms with Gasteiger partial charge in [-0.05, 0) is 55.9 Å². The second-order valence-corrected chi connectivity index (χ2v) is 10.5. The number of methoxy groups -OCH3 is 1. The van der Waals surface area contributed by atoms with Gasteiger partial charge in [-0.2, -0.15) is 0 Å². The summed E-state index contributed by atoms with van der Waals surface area (Å²) < 4.78 is 5.08. The van der Waals surface area contributed by atoms with Gasteiger partial charge in [-0.15, -0.1) is 11.3 Å². The lowest BCUT2D eigenvalue weighted by Crippen LogP contribution is -2.37. The molecule has 1 aliphatic carbocycles. The summed E-state index contributed by atoms with van der Waals surface area (Å²) in [5, 5.41) is 2.06. The Kier molecular flexibility index (Phi) is 5.65. The number of imide groups is 1. The number of hydrogen-bond donors (Lipinski definition) is 0. The van der Waals surface area contributed by atoms with Crippen LogP contribution in [0.25, 0.3) is 0 Å². The average molecular weight is 503 g/mol. The Bertz CT molecular complexity index is 1350. The highest BCUT2D eigenvalue weighted by atomic mass is 32.1. The zero-order valence-corrected chi connectivity index (χ0v) is 20.9.